The summed E-state index contributed by atoms with van der Waals surface area (Å²) >= 11 is 11.1. The zero-order valence-corrected chi connectivity index (χ0v) is 23.1. The molecule has 1 aromatic carbocycles. The van der Waals surface area contributed by atoms with E-state index in [4.69, 9.17) is 16.0 Å². The molecule has 3 aromatic rings. The zero-order chi connectivity index (χ0) is 24.1. The summed E-state index contributed by atoms with van der Waals surface area (Å²) in [4.78, 5) is 22.8. The van der Waals surface area contributed by atoms with Crippen LogP contribution in [0.5, 0.6) is 0 Å². The van der Waals surface area contributed by atoms with Crippen LogP contribution < -0.4 is 5.32 Å². The molecule has 0 atom stereocenters. The number of pyridine rings is 1. The van der Waals surface area contributed by atoms with Crippen molar-refractivity contribution in [3.63, 3.8) is 0 Å². The molecule has 1 amide bonds. The van der Waals surface area contributed by atoms with Gasteiger partial charge >= 0.3 is 0 Å². The molecule has 0 spiro atoms. The molecular weight excluding hydrogens is 494 g/mol. The maximum atomic E-state index is 12.5. The number of carbonyl (C=O) groups is 1. The number of anilines is 1. The normalized spacial score (nSPS) is 11.5. The Hall–Kier alpha value is -1.35. The molecule has 9 heteroatoms. The highest BCUT2D eigenvalue weighted by Gasteiger charge is 2.18. The second-order valence-electron chi connectivity index (χ2n) is 8.09. The van der Waals surface area contributed by atoms with E-state index in [1.54, 1.807) is 35.3 Å². The number of benzene rings is 1. The van der Waals surface area contributed by atoms with Gasteiger partial charge in [0.2, 0.25) is 5.91 Å². The third-order valence-electron chi connectivity index (χ3n) is 5.27. The second-order valence-corrected chi connectivity index (χ2v) is 11.2. The Morgan fingerprint density at radius 3 is 2.58 bits per heavy atom. The van der Waals surface area contributed by atoms with Crippen molar-refractivity contribution in [3.05, 3.63) is 34.0 Å². The van der Waals surface area contributed by atoms with E-state index in [0.717, 1.165) is 67.1 Å². The van der Waals surface area contributed by atoms with Crippen molar-refractivity contribution in [1.82, 2.24) is 9.97 Å². The number of amides is 1. The van der Waals surface area contributed by atoms with Gasteiger partial charge in [0.05, 0.1) is 5.69 Å². The Bertz CT molecular complexity index is 1120. The van der Waals surface area contributed by atoms with Gasteiger partial charge in [0.15, 0.2) is 5.58 Å². The van der Waals surface area contributed by atoms with Crippen molar-refractivity contribution in [2.24, 2.45) is 0 Å². The zero-order valence-electron chi connectivity index (χ0n) is 19.9. The molecule has 2 aromatic heterocycles. The number of fused-ring (bicyclic) bond motifs is 1. The highest BCUT2D eigenvalue weighted by molar-refractivity contribution is 7.99. The van der Waals surface area contributed by atoms with Gasteiger partial charge in [-0.15, -0.1) is 23.5 Å². The summed E-state index contributed by atoms with van der Waals surface area (Å²) in [6.07, 6.45) is 6.14. The van der Waals surface area contributed by atoms with Crippen LogP contribution in [0.15, 0.2) is 31.7 Å². The standard InChI is InChI=1S/C24H30ClN3O2S3/c1-13(2)16-12-17(25)15(4)20-22(16)30-24(28-20)33-10-8-7-9-19(29)27-21-18(31-5)11-14(3)26-23(21)32-6/h11-13H,7-10H2,1-6H3,(H,27,29). The number of carbonyl (C=O) groups excluding carboxylic acids is 1. The van der Waals surface area contributed by atoms with Crippen molar-refractivity contribution in [1.29, 1.82) is 0 Å². The molecule has 2 heterocycles. The molecule has 0 aliphatic rings. The average Bonchev–Trinajstić information content (AvgIpc) is 3.20. The Morgan fingerprint density at radius 2 is 1.91 bits per heavy atom. The number of nitrogens with zero attached hydrogens (tertiary/aromatic N) is 2. The SMILES string of the molecule is CSc1cc(C)nc(SC)c1NC(=O)CCCCSc1nc2c(C)c(Cl)cc(C(C)C)c2o1. The van der Waals surface area contributed by atoms with E-state index in [1.807, 2.05) is 38.5 Å². The van der Waals surface area contributed by atoms with Gasteiger partial charge in [0, 0.05) is 33.3 Å². The summed E-state index contributed by atoms with van der Waals surface area (Å²) < 4.78 is 6.07. The molecule has 1 N–H and O–H groups in total. The van der Waals surface area contributed by atoms with Gasteiger partial charge < -0.3 is 9.73 Å². The summed E-state index contributed by atoms with van der Waals surface area (Å²) in [5.41, 5.74) is 5.47. The van der Waals surface area contributed by atoms with E-state index in [0.29, 0.717) is 17.6 Å². The Balaban J connectivity index is 1.54. The van der Waals surface area contributed by atoms with Crippen LogP contribution in [0, 0.1) is 13.8 Å². The van der Waals surface area contributed by atoms with Crippen LogP contribution in [0.4, 0.5) is 5.69 Å². The number of hydrogen-bond donors (Lipinski definition) is 1. The number of halogens is 1. The lowest BCUT2D eigenvalue weighted by Crippen LogP contribution is -2.13. The van der Waals surface area contributed by atoms with Crippen LogP contribution >= 0.6 is 46.9 Å². The Kier molecular flexibility index (Phi) is 9.44. The van der Waals surface area contributed by atoms with Crippen LogP contribution in [0.2, 0.25) is 5.02 Å². The second kappa shape index (κ2) is 11.9. The van der Waals surface area contributed by atoms with Crippen LogP contribution in [-0.4, -0.2) is 34.1 Å². The molecular formula is C24H30ClN3O2S3. The quantitative estimate of drug-likeness (QED) is 0.213. The summed E-state index contributed by atoms with van der Waals surface area (Å²) in [7, 11) is 0. The number of unbranched alkanes of at least 4 members (excludes halogenated alkanes) is 1. The van der Waals surface area contributed by atoms with Crippen LogP contribution in [0.25, 0.3) is 11.1 Å². The van der Waals surface area contributed by atoms with Gasteiger partial charge in [-0.3, -0.25) is 4.79 Å². The summed E-state index contributed by atoms with van der Waals surface area (Å²) in [5.74, 6) is 1.16. The van der Waals surface area contributed by atoms with Gasteiger partial charge in [0.25, 0.3) is 5.22 Å². The molecule has 0 unspecified atom stereocenters. The first kappa shape index (κ1) is 26.3. The lowest BCUT2D eigenvalue weighted by Gasteiger charge is -2.13. The molecule has 0 radical (unpaired) electrons. The number of rotatable bonds is 10. The van der Waals surface area contributed by atoms with Crippen molar-refractivity contribution in [2.45, 2.75) is 68.0 Å². The van der Waals surface area contributed by atoms with Gasteiger partial charge in [-0.25, -0.2) is 9.97 Å². The van der Waals surface area contributed by atoms with Crippen molar-refractivity contribution in [2.75, 3.05) is 23.6 Å². The van der Waals surface area contributed by atoms with Gasteiger partial charge in [0.1, 0.15) is 10.5 Å². The number of thioether (sulfide) groups is 3. The lowest BCUT2D eigenvalue weighted by molar-refractivity contribution is -0.116. The van der Waals surface area contributed by atoms with Crippen LogP contribution in [-0.2, 0) is 4.79 Å². The molecule has 3 rings (SSSR count). The molecule has 178 valence electrons. The largest absolute Gasteiger partial charge is 0.431 e. The first-order chi connectivity index (χ1) is 15.7. The number of nitrogens with one attached hydrogen (secondary N) is 1. The highest BCUT2D eigenvalue weighted by atomic mass is 35.5. The number of oxazole rings is 1. The predicted molar refractivity (Wildman–Crippen MR) is 144 cm³/mol. The summed E-state index contributed by atoms with van der Waals surface area (Å²) in [5, 5.41) is 5.30. The van der Waals surface area contributed by atoms with Crippen LogP contribution in [0.1, 0.15) is 55.8 Å². The topological polar surface area (TPSA) is 68.0 Å². The number of aryl methyl sites for hydroxylation is 2. The minimum Gasteiger partial charge on any atom is -0.431 e. The summed E-state index contributed by atoms with van der Waals surface area (Å²) in [6, 6.07) is 3.99. The van der Waals surface area contributed by atoms with Gasteiger partial charge in [-0.2, -0.15) is 0 Å². The third kappa shape index (κ3) is 6.41. The minimum atomic E-state index is 0.0185. The van der Waals surface area contributed by atoms with E-state index in [1.165, 1.54) is 0 Å². The first-order valence-electron chi connectivity index (χ1n) is 10.9. The molecule has 0 saturated carbocycles. The molecule has 0 saturated heterocycles. The molecule has 0 aliphatic carbocycles. The molecule has 33 heavy (non-hydrogen) atoms. The smallest absolute Gasteiger partial charge is 0.256 e. The monoisotopic (exact) mass is 523 g/mol. The minimum absolute atomic E-state index is 0.0185. The summed E-state index contributed by atoms with van der Waals surface area (Å²) in [6.45, 7) is 8.19. The predicted octanol–water partition coefficient (Wildman–Crippen LogP) is 7.96. The lowest BCUT2D eigenvalue weighted by atomic mass is 10.0. The first-order valence-corrected chi connectivity index (χ1v) is 14.7. The molecule has 0 bridgehead atoms. The van der Waals surface area contributed by atoms with Crippen molar-refractivity contribution >= 4 is 69.6 Å². The fourth-order valence-corrected chi connectivity index (χ4v) is 5.79. The van der Waals surface area contributed by atoms with Gasteiger partial charge in [-0.05, 0) is 62.8 Å². The number of hydrogen-bond acceptors (Lipinski definition) is 7. The third-order valence-corrected chi connectivity index (χ3v) is 8.02. The van der Waals surface area contributed by atoms with Gasteiger partial charge in [-0.1, -0.05) is 37.2 Å². The maximum absolute atomic E-state index is 12.5. The maximum Gasteiger partial charge on any atom is 0.256 e. The highest BCUT2D eigenvalue weighted by Crippen LogP contribution is 2.36. The van der Waals surface area contributed by atoms with Crippen molar-refractivity contribution in [3.8, 4) is 0 Å². The fraction of sp³-hybridized carbons (Fsp3) is 0.458. The van der Waals surface area contributed by atoms with E-state index in [2.05, 4.69) is 29.1 Å². The Morgan fingerprint density at radius 1 is 1.15 bits per heavy atom. The molecule has 0 fully saturated rings. The number of aromatic nitrogens is 2. The van der Waals surface area contributed by atoms with E-state index in [-0.39, 0.29) is 5.91 Å². The van der Waals surface area contributed by atoms with E-state index < -0.39 is 0 Å². The van der Waals surface area contributed by atoms with Crippen molar-refractivity contribution < 1.29 is 9.21 Å². The molecule has 0 aliphatic heterocycles. The Labute approximate surface area is 213 Å². The van der Waals surface area contributed by atoms with E-state index >= 15 is 0 Å². The fourth-order valence-electron chi connectivity index (χ4n) is 3.45. The van der Waals surface area contributed by atoms with E-state index in [9.17, 15) is 4.79 Å². The van der Waals surface area contributed by atoms with Crippen LogP contribution in [0.3, 0.4) is 0 Å². The average molecular weight is 524 g/mol. The molecule has 5 nitrogen and oxygen atoms in total.